The molecule has 0 saturated carbocycles. The molecule has 21 heavy (non-hydrogen) atoms. The maximum Gasteiger partial charge on any atom is 0.252 e. The monoisotopic (exact) mass is 287 g/mol. The second-order valence-electron chi connectivity index (χ2n) is 4.71. The third-order valence-electron chi connectivity index (χ3n) is 3.06. The van der Waals surface area contributed by atoms with Gasteiger partial charge in [0.25, 0.3) is 6.54 Å². The highest BCUT2D eigenvalue weighted by atomic mass is 16.8. The van der Waals surface area contributed by atoms with Crippen molar-refractivity contribution in [3.05, 3.63) is 64.2 Å². The Hall–Kier alpha value is -2.43. The number of nitrogens with zero attached hydrogens (tertiary/aromatic N) is 2. The summed E-state index contributed by atoms with van der Waals surface area (Å²) >= 11 is 0. The van der Waals surface area contributed by atoms with Crippen molar-refractivity contribution in [1.29, 1.82) is 0 Å². The van der Waals surface area contributed by atoms with Crippen molar-refractivity contribution < 1.29 is 14.5 Å². The van der Waals surface area contributed by atoms with Crippen molar-refractivity contribution in [2.24, 2.45) is 0 Å². The van der Waals surface area contributed by atoms with Crippen LogP contribution < -0.4 is 4.74 Å². The molecule has 1 aromatic heterocycles. The fourth-order valence-electron chi connectivity index (χ4n) is 1.87. The lowest BCUT2D eigenvalue weighted by atomic mass is 10.1. The summed E-state index contributed by atoms with van der Waals surface area (Å²) in [6, 6.07) is 13.7. The van der Waals surface area contributed by atoms with Crippen LogP contribution in [0.4, 0.5) is 0 Å². The third-order valence-corrected chi connectivity index (χ3v) is 3.06. The molecule has 0 amide bonds. The van der Waals surface area contributed by atoms with Gasteiger partial charge in [0.1, 0.15) is 6.61 Å². The van der Waals surface area contributed by atoms with Crippen LogP contribution in [0, 0.1) is 11.8 Å². The van der Waals surface area contributed by atoms with Crippen molar-refractivity contribution >= 4 is 0 Å². The van der Waals surface area contributed by atoms with E-state index in [1.807, 2.05) is 49.4 Å². The second-order valence-corrected chi connectivity index (χ2v) is 4.71. The maximum absolute atomic E-state index is 11.0. The molecule has 110 valence electrons. The number of hydrogen-bond acceptors (Lipinski definition) is 4. The topological polar surface area (TPSA) is 51.4 Å². The molecule has 2 rings (SSSR count). The van der Waals surface area contributed by atoms with Crippen molar-refractivity contribution in [1.82, 2.24) is 4.98 Å². The number of hydrogen-bond donors (Lipinski definition) is 0. The molecule has 5 heteroatoms. The van der Waals surface area contributed by atoms with Gasteiger partial charge in [0.2, 0.25) is 10.8 Å². The molecule has 2 aromatic rings. The van der Waals surface area contributed by atoms with E-state index in [9.17, 15) is 4.91 Å². The van der Waals surface area contributed by atoms with Gasteiger partial charge in [0.15, 0.2) is 7.11 Å². The smallest absolute Gasteiger partial charge is 0.252 e. The summed E-state index contributed by atoms with van der Waals surface area (Å²) < 4.78 is 5.64. The normalized spacial score (nSPS) is 10.2. The molecule has 0 aliphatic carbocycles. The van der Waals surface area contributed by atoms with E-state index in [0.717, 1.165) is 16.8 Å². The Bertz CT molecular complexity index is 597. The first-order chi connectivity index (χ1) is 10.2. The molecule has 0 unspecified atom stereocenters. The first kappa shape index (κ1) is 15.0. The van der Waals surface area contributed by atoms with E-state index in [4.69, 9.17) is 4.74 Å². The maximum atomic E-state index is 11.0. The molecule has 1 heterocycles. The van der Waals surface area contributed by atoms with E-state index in [1.54, 1.807) is 0 Å². The van der Waals surface area contributed by atoms with Gasteiger partial charge in [-0.05, 0) is 24.1 Å². The highest BCUT2D eigenvalue weighted by molar-refractivity contribution is 5.23. The highest BCUT2D eigenvalue weighted by Crippen LogP contribution is 2.11. The lowest BCUT2D eigenvalue weighted by Crippen LogP contribution is -2.10. The fraction of sp³-hybridized carbons (Fsp3) is 0.312. The summed E-state index contributed by atoms with van der Waals surface area (Å²) in [5.74, 6) is 0.626. The number of rotatable bonds is 7. The molecular formula is C16H19N2O3+. The van der Waals surface area contributed by atoms with Crippen molar-refractivity contribution in [3.8, 4) is 5.88 Å². The molecule has 0 bridgehead atoms. The molecule has 0 atom stereocenters. The molecule has 0 radical (unpaired) electrons. The van der Waals surface area contributed by atoms with Gasteiger partial charge in [0, 0.05) is 18.2 Å². The van der Waals surface area contributed by atoms with E-state index in [2.05, 4.69) is 9.82 Å². The summed E-state index contributed by atoms with van der Waals surface area (Å²) in [4.78, 5) is 20.4. The van der Waals surface area contributed by atoms with E-state index < -0.39 is 0 Å². The number of benzene rings is 1. The Labute approximate surface area is 124 Å². The first-order valence-electron chi connectivity index (χ1n) is 6.80. The van der Waals surface area contributed by atoms with Crippen LogP contribution in [0.3, 0.4) is 0 Å². The molecule has 0 fully saturated rings. The second kappa shape index (κ2) is 7.38. The van der Waals surface area contributed by atoms with Crippen LogP contribution in [0.2, 0.25) is 0 Å². The van der Waals surface area contributed by atoms with Gasteiger partial charge in [-0.15, -0.1) is 0 Å². The van der Waals surface area contributed by atoms with Gasteiger partial charge in [-0.2, -0.15) is 0 Å². The van der Waals surface area contributed by atoms with Crippen molar-refractivity contribution in [2.75, 3.05) is 13.7 Å². The van der Waals surface area contributed by atoms with E-state index >= 15 is 0 Å². The van der Waals surface area contributed by atoms with Crippen LogP contribution >= 0.6 is 0 Å². The summed E-state index contributed by atoms with van der Waals surface area (Å²) in [5.41, 5.74) is 3.08. The van der Waals surface area contributed by atoms with Gasteiger partial charge in [-0.3, -0.25) is 0 Å². The molecule has 1 aromatic carbocycles. The molecule has 0 saturated heterocycles. The van der Waals surface area contributed by atoms with Crippen molar-refractivity contribution in [3.63, 3.8) is 0 Å². The summed E-state index contributed by atoms with van der Waals surface area (Å²) in [5, 5.41) is 0. The average molecular weight is 287 g/mol. The number of aryl methyl sites for hydroxylation is 1. The minimum atomic E-state index is 0.319. The van der Waals surface area contributed by atoms with Crippen LogP contribution in [-0.2, 0) is 17.9 Å². The SMILES string of the molecule is CO[N+](=O)CCc1ccc(COc2cccc(C)n2)cc1. The fourth-order valence-corrected chi connectivity index (χ4v) is 1.87. The van der Waals surface area contributed by atoms with Gasteiger partial charge in [0.05, 0.1) is 4.91 Å². The predicted molar refractivity (Wildman–Crippen MR) is 79.0 cm³/mol. The number of pyridine rings is 1. The zero-order valence-electron chi connectivity index (χ0n) is 12.3. The van der Waals surface area contributed by atoms with Crippen LogP contribution in [-0.4, -0.2) is 23.6 Å². The van der Waals surface area contributed by atoms with Crippen LogP contribution in [0.15, 0.2) is 42.5 Å². The summed E-state index contributed by atoms with van der Waals surface area (Å²) in [6.07, 6.45) is 0.651. The van der Waals surface area contributed by atoms with Crippen LogP contribution in [0.5, 0.6) is 5.88 Å². The van der Waals surface area contributed by atoms with E-state index in [0.29, 0.717) is 30.4 Å². The highest BCUT2D eigenvalue weighted by Gasteiger charge is 2.07. The quantitative estimate of drug-likeness (QED) is 0.735. The zero-order valence-corrected chi connectivity index (χ0v) is 12.3. The van der Waals surface area contributed by atoms with Crippen LogP contribution in [0.1, 0.15) is 16.8 Å². The van der Waals surface area contributed by atoms with Crippen molar-refractivity contribution in [2.45, 2.75) is 20.0 Å². The molecule has 0 aliphatic rings. The molecule has 0 N–H and O–H groups in total. The summed E-state index contributed by atoms with van der Waals surface area (Å²) in [7, 11) is 1.37. The van der Waals surface area contributed by atoms with Gasteiger partial charge < -0.3 is 4.74 Å². The minimum Gasteiger partial charge on any atom is -0.473 e. The molecule has 0 spiro atoms. The summed E-state index contributed by atoms with van der Waals surface area (Å²) in [6.45, 7) is 2.73. The molecular weight excluding hydrogens is 268 g/mol. The van der Waals surface area contributed by atoms with Crippen LogP contribution in [0.25, 0.3) is 0 Å². The van der Waals surface area contributed by atoms with Gasteiger partial charge >= 0.3 is 0 Å². The Balaban J connectivity index is 1.86. The zero-order chi connectivity index (χ0) is 15.1. The Kier molecular flexibility index (Phi) is 5.26. The predicted octanol–water partition coefficient (Wildman–Crippen LogP) is 2.85. The molecule has 5 nitrogen and oxygen atoms in total. The van der Waals surface area contributed by atoms with E-state index in [-0.39, 0.29) is 0 Å². The van der Waals surface area contributed by atoms with Gasteiger partial charge in [-0.1, -0.05) is 30.3 Å². The largest absolute Gasteiger partial charge is 0.473 e. The van der Waals surface area contributed by atoms with E-state index in [1.165, 1.54) is 7.11 Å². The lowest BCUT2D eigenvalue weighted by Gasteiger charge is -2.06. The van der Waals surface area contributed by atoms with Gasteiger partial charge in [-0.25, -0.2) is 9.82 Å². The first-order valence-corrected chi connectivity index (χ1v) is 6.80. The number of ether oxygens (including phenoxy) is 1. The Morgan fingerprint density at radius 3 is 2.48 bits per heavy atom. The number of aromatic nitrogens is 1. The minimum absolute atomic E-state index is 0.319. The standard InChI is InChI=1S/C16H19N2O3/c1-13-4-3-5-16(17-13)21-12-15-8-6-14(7-9-15)10-11-18(19)20-2/h3-9H,10-12H2,1-2H3/q+1. The molecule has 0 aliphatic heterocycles. The Morgan fingerprint density at radius 2 is 1.81 bits per heavy atom. The average Bonchev–Trinajstić information content (AvgIpc) is 2.51. The lowest BCUT2D eigenvalue weighted by molar-refractivity contribution is -0.795. The Morgan fingerprint density at radius 1 is 1.10 bits per heavy atom. The third kappa shape index (κ3) is 4.87.